The zero-order chi connectivity index (χ0) is 14.0. The molecule has 2 heterocycles. The van der Waals surface area contributed by atoms with Crippen LogP contribution in [0.2, 0.25) is 0 Å². The molecule has 3 aliphatic rings. The molecular formula is C17H32N2O. The third-order valence-electron chi connectivity index (χ3n) is 5.83. The van der Waals surface area contributed by atoms with Crippen LogP contribution in [0.4, 0.5) is 0 Å². The van der Waals surface area contributed by atoms with E-state index in [1.54, 1.807) is 0 Å². The molecule has 3 heteroatoms. The lowest BCUT2D eigenvalue weighted by Crippen LogP contribution is -2.65. The summed E-state index contributed by atoms with van der Waals surface area (Å²) in [5.74, 6) is 1.81. The maximum atomic E-state index is 5.53. The summed E-state index contributed by atoms with van der Waals surface area (Å²) in [6.07, 6.45) is 8.04. The highest BCUT2D eigenvalue weighted by molar-refractivity contribution is 5.05. The van der Waals surface area contributed by atoms with E-state index >= 15 is 0 Å². The minimum atomic E-state index is 0.419. The van der Waals surface area contributed by atoms with Crippen molar-refractivity contribution in [3.05, 3.63) is 0 Å². The number of piperazine rings is 1. The van der Waals surface area contributed by atoms with Crippen molar-refractivity contribution in [1.29, 1.82) is 0 Å². The van der Waals surface area contributed by atoms with Gasteiger partial charge in [0.25, 0.3) is 0 Å². The van der Waals surface area contributed by atoms with Gasteiger partial charge in [0.1, 0.15) is 0 Å². The van der Waals surface area contributed by atoms with Crippen molar-refractivity contribution in [3.63, 3.8) is 0 Å². The van der Waals surface area contributed by atoms with E-state index in [-0.39, 0.29) is 0 Å². The molecule has 2 unspecified atom stereocenters. The predicted molar refractivity (Wildman–Crippen MR) is 82.9 cm³/mol. The van der Waals surface area contributed by atoms with Gasteiger partial charge in [-0.25, -0.2) is 0 Å². The maximum Gasteiger partial charge on any atom is 0.0469 e. The van der Waals surface area contributed by atoms with E-state index in [0.717, 1.165) is 25.0 Å². The van der Waals surface area contributed by atoms with Crippen molar-refractivity contribution in [2.24, 2.45) is 11.8 Å². The van der Waals surface area contributed by atoms with Crippen LogP contribution in [0.5, 0.6) is 0 Å². The molecule has 0 amide bonds. The molecule has 1 aliphatic carbocycles. The predicted octanol–water partition coefficient (Wildman–Crippen LogP) is 2.66. The van der Waals surface area contributed by atoms with Crippen molar-refractivity contribution in [2.45, 2.75) is 64.0 Å². The van der Waals surface area contributed by atoms with E-state index in [0.29, 0.717) is 11.6 Å². The van der Waals surface area contributed by atoms with Gasteiger partial charge in [-0.3, -0.25) is 4.90 Å². The summed E-state index contributed by atoms with van der Waals surface area (Å²) in [6, 6.07) is 0.715. The van der Waals surface area contributed by atoms with Crippen LogP contribution in [-0.2, 0) is 4.74 Å². The van der Waals surface area contributed by atoms with Crippen LogP contribution in [-0.4, -0.2) is 49.3 Å². The van der Waals surface area contributed by atoms with Gasteiger partial charge in [-0.2, -0.15) is 0 Å². The Balaban J connectivity index is 1.64. The molecule has 0 spiro atoms. The van der Waals surface area contributed by atoms with E-state index < -0.39 is 0 Å². The molecule has 1 N–H and O–H groups in total. The smallest absolute Gasteiger partial charge is 0.0469 e. The second-order valence-electron chi connectivity index (χ2n) is 7.46. The first-order chi connectivity index (χ1) is 9.72. The minimum absolute atomic E-state index is 0.419. The Labute approximate surface area is 124 Å². The van der Waals surface area contributed by atoms with E-state index in [2.05, 4.69) is 24.1 Å². The van der Waals surface area contributed by atoms with Crippen LogP contribution in [0.1, 0.15) is 52.4 Å². The van der Waals surface area contributed by atoms with Gasteiger partial charge in [-0.1, -0.05) is 13.3 Å². The van der Waals surface area contributed by atoms with Crippen LogP contribution in [0, 0.1) is 11.8 Å². The maximum absolute atomic E-state index is 5.53. The third kappa shape index (κ3) is 3.20. The quantitative estimate of drug-likeness (QED) is 0.838. The monoisotopic (exact) mass is 280 g/mol. The second kappa shape index (κ2) is 6.33. The summed E-state index contributed by atoms with van der Waals surface area (Å²) in [5, 5.41) is 3.83. The lowest BCUT2D eigenvalue weighted by molar-refractivity contribution is -0.00535. The summed E-state index contributed by atoms with van der Waals surface area (Å²) in [5.41, 5.74) is 0.419. The fourth-order valence-electron chi connectivity index (χ4n) is 4.18. The second-order valence-corrected chi connectivity index (χ2v) is 7.46. The Kier molecular flexibility index (Phi) is 4.68. The van der Waals surface area contributed by atoms with Crippen LogP contribution < -0.4 is 5.32 Å². The van der Waals surface area contributed by atoms with E-state index in [1.165, 1.54) is 58.2 Å². The number of rotatable bonds is 5. The van der Waals surface area contributed by atoms with E-state index in [1.807, 2.05) is 0 Å². The largest absolute Gasteiger partial charge is 0.381 e. The van der Waals surface area contributed by atoms with Crippen molar-refractivity contribution >= 4 is 0 Å². The number of nitrogens with one attached hydrogen (secondary N) is 1. The summed E-state index contributed by atoms with van der Waals surface area (Å²) >= 11 is 0. The van der Waals surface area contributed by atoms with Crippen molar-refractivity contribution in [2.75, 3.05) is 32.8 Å². The summed E-state index contributed by atoms with van der Waals surface area (Å²) in [6.45, 7) is 10.5. The Morgan fingerprint density at radius 2 is 1.95 bits per heavy atom. The lowest BCUT2D eigenvalue weighted by atomic mass is 9.86. The Morgan fingerprint density at radius 3 is 2.60 bits per heavy atom. The van der Waals surface area contributed by atoms with Gasteiger partial charge in [-0.05, 0) is 50.9 Å². The molecular weight excluding hydrogens is 248 g/mol. The van der Waals surface area contributed by atoms with Crippen LogP contribution in [0.25, 0.3) is 0 Å². The molecule has 0 bridgehead atoms. The molecule has 2 saturated heterocycles. The molecule has 0 radical (unpaired) electrons. The van der Waals surface area contributed by atoms with Gasteiger partial charge in [-0.15, -0.1) is 0 Å². The highest BCUT2D eigenvalue weighted by Gasteiger charge is 2.48. The first-order valence-electron chi connectivity index (χ1n) is 8.78. The Hall–Kier alpha value is -0.120. The standard InChI is InChI=1S/C17H32N2O/c1-3-4-16-12-19(11-14-7-9-20-10-8-14)17(2,13-18-16)15-5-6-15/h14-16,18H,3-13H2,1-2H3. The molecule has 3 nitrogen and oxygen atoms in total. The Morgan fingerprint density at radius 1 is 1.20 bits per heavy atom. The highest BCUT2D eigenvalue weighted by Crippen LogP contribution is 2.44. The van der Waals surface area contributed by atoms with Crippen LogP contribution in [0.3, 0.4) is 0 Å². The molecule has 0 aromatic carbocycles. The third-order valence-corrected chi connectivity index (χ3v) is 5.83. The van der Waals surface area contributed by atoms with Gasteiger partial charge in [0.15, 0.2) is 0 Å². The number of ether oxygens (including phenoxy) is 1. The fourth-order valence-corrected chi connectivity index (χ4v) is 4.18. The van der Waals surface area contributed by atoms with Gasteiger partial charge in [0.2, 0.25) is 0 Å². The average molecular weight is 280 g/mol. The summed E-state index contributed by atoms with van der Waals surface area (Å²) in [4.78, 5) is 2.86. The molecule has 1 saturated carbocycles. The average Bonchev–Trinajstić information content (AvgIpc) is 3.29. The molecule has 3 fully saturated rings. The number of nitrogens with zero attached hydrogens (tertiary/aromatic N) is 1. The molecule has 3 rings (SSSR count). The lowest BCUT2D eigenvalue weighted by Gasteiger charge is -2.50. The fraction of sp³-hybridized carbons (Fsp3) is 1.00. The molecule has 2 atom stereocenters. The van der Waals surface area contributed by atoms with Gasteiger partial charge in [0.05, 0.1) is 0 Å². The minimum Gasteiger partial charge on any atom is -0.381 e. The van der Waals surface area contributed by atoms with Crippen molar-refractivity contribution < 1.29 is 4.74 Å². The van der Waals surface area contributed by atoms with Crippen LogP contribution in [0.15, 0.2) is 0 Å². The van der Waals surface area contributed by atoms with Gasteiger partial charge in [0, 0.05) is 44.4 Å². The van der Waals surface area contributed by atoms with Crippen LogP contribution >= 0.6 is 0 Å². The zero-order valence-electron chi connectivity index (χ0n) is 13.4. The first-order valence-corrected chi connectivity index (χ1v) is 8.78. The SMILES string of the molecule is CCCC1CN(CC2CCOCC2)C(C)(C2CC2)CN1. The summed E-state index contributed by atoms with van der Waals surface area (Å²) < 4.78 is 5.53. The molecule has 116 valence electrons. The van der Waals surface area contributed by atoms with Crippen molar-refractivity contribution in [3.8, 4) is 0 Å². The normalized spacial score (nSPS) is 37.2. The van der Waals surface area contributed by atoms with Gasteiger partial charge >= 0.3 is 0 Å². The molecule has 2 aliphatic heterocycles. The topological polar surface area (TPSA) is 24.5 Å². The Bertz CT molecular complexity index is 312. The molecule has 0 aromatic rings. The van der Waals surface area contributed by atoms with E-state index in [4.69, 9.17) is 4.74 Å². The van der Waals surface area contributed by atoms with E-state index in [9.17, 15) is 0 Å². The molecule has 20 heavy (non-hydrogen) atoms. The van der Waals surface area contributed by atoms with Gasteiger partial charge < -0.3 is 10.1 Å². The number of hydrogen-bond donors (Lipinski definition) is 1. The van der Waals surface area contributed by atoms with Crippen molar-refractivity contribution in [1.82, 2.24) is 10.2 Å². The number of hydrogen-bond acceptors (Lipinski definition) is 3. The molecule has 0 aromatic heterocycles. The zero-order valence-corrected chi connectivity index (χ0v) is 13.4. The first kappa shape index (κ1) is 14.8. The highest BCUT2D eigenvalue weighted by atomic mass is 16.5. The summed E-state index contributed by atoms with van der Waals surface area (Å²) in [7, 11) is 0.